The van der Waals surface area contributed by atoms with Crippen LogP contribution < -0.4 is 0 Å². The van der Waals surface area contributed by atoms with Crippen molar-refractivity contribution in [2.45, 2.75) is 32.1 Å². The summed E-state index contributed by atoms with van der Waals surface area (Å²) in [5.41, 5.74) is 1.58. The fraction of sp³-hybridized carbons (Fsp3) is 0.438. The molecule has 0 bridgehead atoms. The first-order chi connectivity index (χ1) is 10.4. The number of allylic oxidation sites excluding steroid dienone is 2. The molecule has 0 aromatic heterocycles. The summed E-state index contributed by atoms with van der Waals surface area (Å²) in [6.45, 7) is 5.21. The average Bonchev–Trinajstić information content (AvgIpc) is 2.77. The van der Waals surface area contributed by atoms with Crippen molar-refractivity contribution >= 4 is 45.1 Å². The molecule has 0 aliphatic carbocycles. The van der Waals surface area contributed by atoms with E-state index in [4.69, 9.17) is 11.6 Å². The molecule has 3 nitrogen and oxygen atoms in total. The summed E-state index contributed by atoms with van der Waals surface area (Å²) in [6.07, 6.45) is 1.83. The molecule has 2 atom stereocenters. The Hall–Kier alpha value is -0.650. The minimum atomic E-state index is -0.123. The number of carbonyl (C=O) groups excluding carboxylic acids is 1. The highest BCUT2D eigenvalue weighted by Gasteiger charge is 2.41. The molecule has 1 N–H and O–H groups in total. The number of ketones is 1. The molecule has 0 amide bonds. The fourth-order valence-electron chi connectivity index (χ4n) is 3.16. The number of hydrogen-bond donors (Lipinski definition) is 1. The molecule has 2 unspecified atom stereocenters. The smallest absolute Gasteiger partial charge is 0.172 e. The number of benzene rings is 1. The summed E-state index contributed by atoms with van der Waals surface area (Å²) in [6, 6.07) is 3.16. The molecule has 2 heterocycles. The molecule has 1 aromatic rings. The minimum Gasteiger partial charge on any atom is -0.506 e. The van der Waals surface area contributed by atoms with E-state index < -0.39 is 0 Å². The Labute approximate surface area is 147 Å². The van der Waals surface area contributed by atoms with Crippen LogP contribution in [0.3, 0.4) is 0 Å². The second kappa shape index (κ2) is 6.10. The third-order valence-corrected chi connectivity index (χ3v) is 6.73. The molecule has 0 spiro atoms. The molecule has 2 aliphatic heterocycles. The van der Waals surface area contributed by atoms with E-state index in [2.05, 4.69) is 34.7 Å². The van der Waals surface area contributed by atoms with E-state index in [9.17, 15) is 9.90 Å². The number of carbonyl (C=O) groups is 1. The molecule has 22 heavy (non-hydrogen) atoms. The first-order valence-electron chi connectivity index (χ1n) is 7.23. The molecule has 1 saturated heterocycles. The molecule has 0 radical (unpaired) electrons. The zero-order valence-electron chi connectivity index (χ0n) is 12.4. The molecule has 3 rings (SSSR count). The van der Waals surface area contributed by atoms with Gasteiger partial charge in [0.25, 0.3) is 0 Å². The quantitative estimate of drug-likeness (QED) is 0.705. The van der Waals surface area contributed by atoms with Crippen LogP contribution in [-0.4, -0.2) is 27.7 Å². The summed E-state index contributed by atoms with van der Waals surface area (Å²) >= 11 is 11.1. The van der Waals surface area contributed by atoms with E-state index in [-0.39, 0.29) is 22.8 Å². The van der Waals surface area contributed by atoms with Crippen LogP contribution in [0, 0.1) is 5.92 Å². The molecule has 2 aliphatic rings. The zero-order chi connectivity index (χ0) is 16.0. The Morgan fingerprint density at radius 1 is 1.45 bits per heavy atom. The van der Waals surface area contributed by atoms with Crippen molar-refractivity contribution in [2.24, 2.45) is 5.92 Å². The lowest BCUT2D eigenvalue weighted by Crippen LogP contribution is -2.42. The predicted molar refractivity (Wildman–Crippen MR) is 94.3 cm³/mol. The predicted octanol–water partition coefficient (Wildman–Crippen LogP) is 5.03. The summed E-state index contributed by atoms with van der Waals surface area (Å²) in [7, 11) is 0. The van der Waals surface area contributed by atoms with Gasteiger partial charge in [-0.1, -0.05) is 11.6 Å². The van der Waals surface area contributed by atoms with Crippen molar-refractivity contribution in [1.29, 1.82) is 0 Å². The largest absolute Gasteiger partial charge is 0.506 e. The van der Waals surface area contributed by atoms with Crippen molar-refractivity contribution in [1.82, 2.24) is 4.90 Å². The topological polar surface area (TPSA) is 40.5 Å². The van der Waals surface area contributed by atoms with Crippen LogP contribution >= 0.6 is 39.3 Å². The Bertz CT molecular complexity index is 676. The van der Waals surface area contributed by atoms with Gasteiger partial charge in [-0.25, -0.2) is 0 Å². The minimum absolute atomic E-state index is 0.0177. The Morgan fingerprint density at radius 2 is 2.18 bits per heavy atom. The van der Waals surface area contributed by atoms with Crippen LogP contribution in [-0.2, 0) is 0 Å². The highest BCUT2D eigenvalue weighted by molar-refractivity contribution is 9.10. The van der Waals surface area contributed by atoms with Crippen molar-refractivity contribution in [3.8, 4) is 5.75 Å². The van der Waals surface area contributed by atoms with Crippen molar-refractivity contribution in [3.05, 3.63) is 37.8 Å². The van der Waals surface area contributed by atoms with Crippen LogP contribution in [0.2, 0.25) is 5.02 Å². The maximum atomic E-state index is 13.0. The van der Waals surface area contributed by atoms with Gasteiger partial charge in [0.05, 0.1) is 21.3 Å². The molecule has 118 valence electrons. The number of thioether (sulfide) groups is 1. The summed E-state index contributed by atoms with van der Waals surface area (Å²) in [5.74, 6) is -0.163. The van der Waals surface area contributed by atoms with Crippen molar-refractivity contribution in [3.63, 3.8) is 0 Å². The number of nitrogens with zero attached hydrogens (tertiary/aromatic N) is 1. The van der Waals surface area contributed by atoms with Gasteiger partial charge in [-0.05, 0) is 54.8 Å². The number of rotatable bonds is 2. The van der Waals surface area contributed by atoms with E-state index >= 15 is 0 Å². The summed E-state index contributed by atoms with van der Waals surface area (Å²) in [4.78, 5) is 16.6. The Kier molecular flexibility index (Phi) is 4.49. The maximum absolute atomic E-state index is 13.0. The van der Waals surface area contributed by atoms with E-state index in [1.165, 1.54) is 10.6 Å². The lowest BCUT2D eigenvalue weighted by atomic mass is 9.89. The van der Waals surface area contributed by atoms with Crippen LogP contribution in [0.15, 0.2) is 27.2 Å². The highest BCUT2D eigenvalue weighted by atomic mass is 79.9. The van der Waals surface area contributed by atoms with Gasteiger partial charge in [-0.3, -0.25) is 4.79 Å². The number of piperidine rings is 1. The molecular formula is C16H17BrClNO2S. The van der Waals surface area contributed by atoms with Gasteiger partial charge < -0.3 is 10.0 Å². The number of hydrogen-bond acceptors (Lipinski definition) is 4. The van der Waals surface area contributed by atoms with Crippen LogP contribution in [0.5, 0.6) is 5.75 Å². The van der Waals surface area contributed by atoms with Gasteiger partial charge in [0, 0.05) is 22.2 Å². The van der Waals surface area contributed by atoms with Crippen LogP contribution in [0.25, 0.3) is 0 Å². The lowest BCUT2D eigenvalue weighted by Gasteiger charge is -2.37. The van der Waals surface area contributed by atoms with Gasteiger partial charge in [-0.2, -0.15) is 0 Å². The van der Waals surface area contributed by atoms with Gasteiger partial charge in [0.15, 0.2) is 5.78 Å². The highest BCUT2D eigenvalue weighted by Crippen LogP contribution is 2.46. The Balaban J connectivity index is 1.93. The number of aromatic hydroxyl groups is 1. The SMILES string of the molecule is CC1=C(C)N2CCCC(C(=O)c3cc(Cl)cc(Br)c3O)C2S1. The first-order valence-corrected chi connectivity index (χ1v) is 9.28. The number of phenols is 1. The normalized spacial score (nSPS) is 24.6. The third-order valence-electron chi connectivity index (χ3n) is 4.43. The van der Waals surface area contributed by atoms with E-state index in [1.807, 2.05) is 0 Å². The van der Waals surface area contributed by atoms with Crippen molar-refractivity contribution < 1.29 is 9.90 Å². The molecule has 6 heteroatoms. The summed E-state index contributed by atoms with van der Waals surface area (Å²) in [5, 5.41) is 10.8. The molecule has 1 fully saturated rings. The van der Waals surface area contributed by atoms with Gasteiger partial charge in [0.1, 0.15) is 5.75 Å². The first kappa shape index (κ1) is 16.2. The number of halogens is 2. The number of Topliss-reactive ketones (excluding diaryl/α,β-unsaturated/α-hetero) is 1. The molecule has 0 saturated carbocycles. The standard InChI is InChI=1S/C16H17BrClNO2S/c1-8-9(2)22-16-11(4-3-5-19(8)16)14(20)12-6-10(18)7-13(17)15(12)21/h6-7,11,16,21H,3-5H2,1-2H3. The summed E-state index contributed by atoms with van der Waals surface area (Å²) < 4.78 is 0.459. The number of phenolic OH excluding ortho intramolecular Hbond substituents is 1. The van der Waals surface area contributed by atoms with Gasteiger partial charge in [0.2, 0.25) is 0 Å². The maximum Gasteiger partial charge on any atom is 0.172 e. The molecular weight excluding hydrogens is 386 g/mol. The van der Waals surface area contributed by atoms with Gasteiger partial charge in [-0.15, -0.1) is 11.8 Å². The zero-order valence-corrected chi connectivity index (χ0v) is 15.6. The fourth-order valence-corrected chi connectivity index (χ4v) is 5.43. The Morgan fingerprint density at radius 3 is 2.91 bits per heavy atom. The number of fused-ring (bicyclic) bond motifs is 1. The van der Waals surface area contributed by atoms with Crippen LogP contribution in [0.4, 0.5) is 0 Å². The monoisotopic (exact) mass is 401 g/mol. The van der Waals surface area contributed by atoms with E-state index in [0.717, 1.165) is 19.4 Å². The average molecular weight is 403 g/mol. The second-order valence-corrected chi connectivity index (χ2v) is 8.36. The third kappa shape index (κ3) is 2.68. The molecule has 1 aromatic carbocycles. The van der Waals surface area contributed by atoms with Crippen LogP contribution in [0.1, 0.15) is 37.0 Å². The lowest BCUT2D eigenvalue weighted by molar-refractivity contribution is 0.0825. The van der Waals surface area contributed by atoms with Gasteiger partial charge >= 0.3 is 0 Å². The van der Waals surface area contributed by atoms with Crippen molar-refractivity contribution in [2.75, 3.05) is 6.54 Å². The second-order valence-electron chi connectivity index (χ2n) is 5.74. The van der Waals surface area contributed by atoms with E-state index in [0.29, 0.717) is 15.1 Å². The van der Waals surface area contributed by atoms with E-state index in [1.54, 1.807) is 23.9 Å².